The topological polar surface area (TPSA) is 93.2 Å². The third kappa shape index (κ3) is 5.75. The number of amides is 2. The summed E-state index contributed by atoms with van der Waals surface area (Å²) >= 11 is 1.27. The van der Waals surface area contributed by atoms with Crippen LogP contribution >= 0.6 is 11.8 Å². The highest BCUT2D eigenvalue weighted by atomic mass is 32.2. The van der Waals surface area contributed by atoms with E-state index >= 15 is 0 Å². The molecule has 1 aromatic carbocycles. The van der Waals surface area contributed by atoms with E-state index < -0.39 is 0 Å². The Morgan fingerprint density at radius 2 is 1.80 bits per heavy atom. The lowest BCUT2D eigenvalue weighted by atomic mass is 10.2. The van der Waals surface area contributed by atoms with Crippen molar-refractivity contribution in [2.75, 3.05) is 23.5 Å². The first-order chi connectivity index (χ1) is 11.9. The van der Waals surface area contributed by atoms with Crippen LogP contribution in [0.25, 0.3) is 0 Å². The normalized spacial score (nSPS) is 10.2. The standard InChI is InChI=1S/C17H20N4O3S/c1-10-7-11(2)19-17(18-10)25-9-16(23)21-13-5-6-15(24-4)14(8-13)20-12(3)22/h5-8H,9H2,1-4H3,(H,20,22)(H,21,23). The van der Waals surface area contributed by atoms with Gasteiger partial charge in [0.15, 0.2) is 5.16 Å². The number of anilines is 2. The summed E-state index contributed by atoms with van der Waals surface area (Å²) < 4.78 is 5.19. The summed E-state index contributed by atoms with van der Waals surface area (Å²) in [4.78, 5) is 32.0. The Balaban J connectivity index is 2.01. The zero-order valence-corrected chi connectivity index (χ0v) is 15.4. The Labute approximate surface area is 150 Å². The second-order valence-corrected chi connectivity index (χ2v) is 6.31. The average Bonchev–Trinajstić information content (AvgIpc) is 2.52. The molecule has 2 aromatic rings. The van der Waals surface area contributed by atoms with Crippen molar-refractivity contribution in [3.05, 3.63) is 35.7 Å². The maximum absolute atomic E-state index is 12.1. The molecule has 0 bridgehead atoms. The molecule has 0 aliphatic rings. The lowest BCUT2D eigenvalue weighted by molar-refractivity contribution is -0.114. The van der Waals surface area contributed by atoms with E-state index in [1.54, 1.807) is 18.2 Å². The maximum Gasteiger partial charge on any atom is 0.234 e. The van der Waals surface area contributed by atoms with Crippen LogP contribution < -0.4 is 15.4 Å². The van der Waals surface area contributed by atoms with E-state index in [2.05, 4.69) is 20.6 Å². The summed E-state index contributed by atoms with van der Waals surface area (Å²) in [5.41, 5.74) is 2.80. The fourth-order valence-corrected chi connectivity index (χ4v) is 2.91. The van der Waals surface area contributed by atoms with Crippen molar-refractivity contribution in [2.24, 2.45) is 0 Å². The van der Waals surface area contributed by atoms with Gasteiger partial charge in [0.25, 0.3) is 0 Å². The van der Waals surface area contributed by atoms with Crippen LogP contribution in [0.1, 0.15) is 18.3 Å². The number of rotatable bonds is 6. The molecule has 0 radical (unpaired) electrons. The van der Waals surface area contributed by atoms with Crippen LogP contribution in [0.15, 0.2) is 29.4 Å². The minimum absolute atomic E-state index is 0.185. The molecule has 0 fully saturated rings. The van der Waals surface area contributed by atoms with Crippen molar-refractivity contribution in [2.45, 2.75) is 25.9 Å². The average molecular weight is 360 g/mol. The number of thioether (sulfide) groups is 1. The lowest BCUT2D eigenvalue weighted by Gasteiger charge is -2.12. The van der Waals surface area contributed by atoms with E-state index in [-0.39, 0.29) is 17.6 Å². The van der Waals surface area contributed by atoms with Crippen LogP contribution in [0.5, 0.6) is 5.75 Å². The Bertz CT molecular complexity index is 775. The van der Waals surface area contributed by atoms with Crippen LogP contribution in [0.4, 0.5) is 11.4 Å². The highest BCUT2D eigenvalue weighted by Gasteiger charge is 2.10. The van der Waals surface area contributed by atoms with E-state index in [9.17, 15) is 9.59 Å². The smallest absolute Gasteiger partial charge is 0.234 e. The van der Waals surface area contributed by atoms with E-state index in [1.165, 1.54) is 25.8 Å². The van der Waals surface area contributed by atoms with Gasteiger partial charge in [-0.1, -0.05) is 11.8 Å². The van der Waals surface area contributed by atoms with Gasteiger partial charge >= 0.3 is 0 Å². The number of aryl methyl sites for hydroxylation is 2. The molecule has 1 aromatic heterocycles. The number of hydrogen-bond donors (Lipinski definition) is 2. The Hall–Kier alpha value is -2.61. The van der Waals surface area contributed by atoms with Gasteiger partial charge in [0.05, 0.1) is 18.6 Å². The van der Waals surface area contributed by atoms with Crippen molar-refractivity contribution in [3.63, 3.8) is 0 Å². The third-order valence-corrected chi connectivity index (χ3v) is 3.94. The summed E-state index contributed by atoms with van der Waals surface area (Å²) in [5.74, 6) is 0.298. The number of nitrogens with zero attached hydrogens (tertiary/aromatic N) is 2. The van der Waals surface area contributed by atoms with Crippen molar-refractivity contribution in [3.8, 4) is 5.75 Å². The summed E-state index contributed by atoms with van der Waals surface area (Å²) in [6.07, 6.45) is 0. The number of benzene rings is 1. The van der Waals surface area contributed by atoms with Gasteiger partial charge in [-0.3, -0.25) is 9.59 Å². The first-order valence-electron chi connectivity index (χ1n) is 7.58. The summed E-state index contributed by atoms with van der Waals surface area (Å²) in [7, 11) is 1.51. The molecule has 2 N–H and O–H groups in total. The van der Waals surface area contributed by atoms with Gasteiger partial charge in [-0.2, -0.15) is 0 Å². The van der Waals surface area contributed by atoms with Crippen molar-refractivity contribution in [1.82, 2.24) is 9.97 Å². The van der Waals surface area contributed by atoms with E-state index in [0.717, 1.165) is 11.4 Å². The van der Waals surface area contributed by atoms with Gasteiger partial charge in [-0.25, -0.2) is 9.97 Å². The molecule has 0 atom stereocenters. The van der Waals surface area contributed by atoms with Crippen LogP contribution in [0, 0.1) is 13.8 Å². The number of aromatic nitrogens is 2. The molecular formula is C17H20N4O3S. The first kappa shape index (κ1) is 18.7. The fraction of sp³-hybridized carbons (Fsp3) is 0.294. The lowest BCUT2D eigenvalue weighted by Crippen LogP contribution is -2.15. The van der Waals surface area contributed by atoms with Gasteiger partial charge in [0.2, 0.25) is 11.8 Å². The molecule has 2 rings (SSSR count). The monoisotopic (exact) mass is 360 g/mol. The molecule has 0 aliphatic heterocycles. The minimum Gasteiger partial charge on any atom is -0.495 e. The van der Waals surface area contributed by atoms with Crippen molar-refractivity contribution in [1.29, 1.82) is 0 Å². The number of ether oxygens (including phenoxy) is 1. The Morgan fingerprint density at radius 1 is 1.12 bits per heavy atom. The molecule has 132 valence electrons. The number of methoxy groups -OCH3 is 1. The van der Waals surface area contributed by atoms with Crippen molar-refractivity contribution < 1.29 is 14.3 Å². The second-order valence-electron chi connectivity index (χ2n) is 5.37. The van der Waals surface area contributed by atoms with E-state index in [4.69, 9.17) is 4.74 Å². The predicted octanol–water partition coefficient (Wildman–Crippen LogP) is 2.79. The van der Waals surface area contributed by atoms with Gasteiger partial charge in [0.1, 0.15) is 5.75 Å². The number of nitrogens with one attached hydrogen (secondary N) is 2. The molecule has 1 heterocycles. The summed E-state index contributed by atoms with van der Waals surface area (Å²) in [5, 5.41) is 6.02. The number of carbonyl (C=O) groups is 2. The molecule has 0 unspecified atom stereocenters. The van der Waals surface area contributed by atoms with Crippen LogP contribution in [-0.2, 0) is 9.59 Å². The van der Waals surface area contributed by atoms with Gasteiger partial charge in [-0.15, -0.1) is 0 Å². The number of hydrogen-bond acceptors (Lipinski definition) is 6. The molecule has 25 heavy (non-hydrogen) atoms. The number of carbonyl (C=O) groups excluding carboxylic acids is 2. The SMILES string of the molecule is COc1ccc(NC(=O)CSc2nc(C)cc(C)n2)cc1NC(C)=O. The van der Waals surface area contributed by atoms with E-state index in [1.807, 2.05) is 19.9 Å². The highest BCUT2D eigenvalue weighted by Crippen LogP contribution is 2.28. The molecule has 0 spiro atoms. The van der Waals surface area contributed by atoms with Gasteiger partial charge in [-0.05, 0) is 38.1 Å². The third-order valence-electron chi connectivity index (χ3n) is 3.09. The largest absolute Gasteiger partial charge is 0.495 e. The highest BCUT2D eigenvalue weighted by molar-refractivity contribution is 7.99. The zero-order valence-electron chi connectivity index (χ0n) is 14.5. The van der Waals surface area contributed by atoms with Gasteiger partial charge < -0.3 is 15.4 Å². The minimum atomic E-state index is -0.218. The molecular weight excluding hydrogens is 340 g/mol. The Morgan fingerprint density at radius 3 is 2.40 bits per heavy atom. The first-order valence-corrected chi connectivity index (χ1v) is 8.56. The van der Waals surface area contributed by atoms with Crippen LogP contribution in [0.2, 0.25) is 0 Å². The summed E-state index contributed by atoms with van der Waals surface area (Å²) in [6, 6.07) is 6.92. The van der Waals surface area contributed by atoms with Crippen LogP contribution in [0.3, 0.4) is 0 Å². The van der Waals surface area contributed by atoms with Crippen LogP contribution in [-0.4, -0.2) is 34.6 Å². The second kappa shape index (κ2) is 8.48. The Kier molecular flexibility index (Phi) is 6.35. The zero-order chi connectivity index (χ0) is 18.4. The molecule has 8 heteroatoms. The molecule has 0 aliphatic carbocycles. The molecule has 7 nitrogen and oxygen atoms in total. The van der Waals surface area contributed by atoms with Gasteiger partial charge in [0, 0.05) is 24.0 Å². The van der Waals surface area contributed by atoms with Crippen molar-refractivity contribution >= 4 is 35.0 Å². The summed E-state index contributed by atoms with van der Waals surface area (Å²) in [6.45, 7) is 5.19. The predicted molar refractivity (Wildman–Crippen MR) is 98.2 cm³/mol. The molecule has 2 amide bonds. The molecule has 0 saturated carbocycles. The fourth-order valence-electron chi connectivity index (χ4n) is 2.16. The molecule has 0 saturated heterocycles. The quantitative estimate of drug-likeness (QED) is 0.608. The van der Waals surface area contributed by atoms with E-state index in [0.29, 0.717) is 22.3 Å². The maximum atomic E-state index is 12.1.